The Morgan fingerprint density at radius 2 is 1.69 bits per heavy atom. The first-order chi connectivity index (χ1) is 12.7. The summed E-state index contributed by atoms with van der Waals surface area (Å²) in [5.41, 5.74) is 0.631. The van der Waals surface area contributed by atoms with Crippen molar-refractivity contribution in [1.29, 1.82) is 0 Å². The largest absolute Gasteiger partial charge is 0.486 e. The van der Waals surface area contributed by atoms with Gasteiger partial charge in [0.05, 0.1) is 0 Å². The number of nitrogens with one attached hydrogen (secondary N) is 1. The molecule has 0 saturated carbocycles. The lowest BCUT2D eigenvalue weighted by atomic mass is 10.2. The minimum absolute atomic E-state index is 0.195. The second-order valence-electron chi connectivity index (χ2n) is 5.88. The first-order valence-corrected chi connectivity index (χ1v) is 8.50. The van der Waals surface area contributed by atoms with Gasteiger partial charge < -0.3 is 29.0 Å². The second kappa shape index (κ2) is 7.03. The Kier molecular flexibility index (Phi) is 4.43. The van der Waals surface area contributed by atoms with Gasteiger partial charge >= 0.3 is 0 Å². The summed E-state index contributed by atoms with van der Waals surface area (Å²) in [6, 6.07) is 10.6. The molecule has 0 aliphatic carbocycles. The molecule has 0 spiro atoms. The van der Waals surface area contributed by atoms with Gasteiger partial charge in [-0.25, -0.2) is 0 Å². The number of hydrogen-bond donors (Lipinski definition) is 1. The average Bonchev–Trinajstić information content (AvgIpc) is 3.13. The molecule has 4 rings (SSSR count). The lowest BCUT2D eigenvalue weighted by molar-refractivity contribution is -0.122. The molecule has 2 aliphatic rings. The Balaban J connectivity index is 1.44. The second-order valence-corrected chi connectivity index (χ2v) is 5.88. The van der Waals surface area contributed by atoms with E-state index in [1.54, 1.807) is 36.4 Å². The van der Waals surface area contributed by atoms with Crippen LogP contribution < -0.4 is 29.0 Å². The molecule has 2 aromatic carbocycles. The number of ether oxygens (including phenoxy) is 5. The van der Waals surface area contributed by atoms with Gasteiger partial charge in [-0.2, -0.15) is 0 Å². The van der Waals surface area contributed by atoms with Crippen molar-refractivity contribution in [1.82, 2.24) is 0 Å². The van der Waals surface area contributed by atoms with E-state index in [1.165, 1.54) is 0 Å². The molecule has 0 aromatic heterocycles. The van der Waals surface area contributed by atoms with E-state index in [0.717, 1.165) is 0 Å². The third kappa shape index (κ3) is 3.33. The van der Waals surface area contributed by atoms with E-state index < -0.39 is 6.10 Å². The van der Waals surface area contributed by atoms with Gasteiger partial charge in [-0.05, 0) is 30.7 Å². The summed E-state index contributed by atoms with van der Waals surface area (Å²) < 4.78 is 27.5. The van der Waals surface area contributed by atoms with Crippen LogP contribution in [0.4, 0.5) is 5.69 Å². The van der Waals surface area contributed by atoms with Crippen molar-refractivity contribution in [2.24, 2.45) is 0 Å². The molecule has 0 bridgehead atoms. The molecular formula is C19H19NO6. The highest BCUT2D eigenvalue weighted by Gasteiger charge is 2.21. The highest BCUT2D eigenvalue weighted by Crippen LogP contribution is 2.36. The fourth-order valence-electron chi connectivity index (χ4n) is 2.78. The molecule has 0 saturated heterocycles. The van der Waals surface area contributed by atoms with Gasteiger partial charge in [0.15, 0.2) is 29.1 Å². The molecule has 1 amide bonds. The molecule has 0 fully saturated rings. The van der Waals surface area contributed by atoms with Crippen LogP contribution in [0.25, 0.3) is 0 Å². The number of hydrogen-bond acceptors (Lipinski definition) is 6. The van der Waals surface area contributed by atoms with Crippen LogP contribution in [0, 0.1) is 0 Å². The molecule has 1 atom stereocenters. The van der Waals surface area contributed by atoms with E-state index in [9.17, 15) is 4.79 Å². The van der Waals surface area contributed by atoms with Gasteiger partial charge in [0.25, 0.3) is 5.91 Å². The minimum atomic E-state index is -0.636. The summed E-state index contributed by atoms with van der Waals surface area (Å²) in [4.78, 5) is 12.6. The van der Waals surface area contributed by atoms with Gasteiger partial charge in [-0.3, -0.25) is 4.79 Å². The molecule has 2 aromatic rings. The van der Waals surface area contributed by atoms with Crippen molar-refractivity contribution in [2.75, 3.05) is 25.3 Å². The maximum absolute atomic E-state index is 12.6. The average molecular weight is 357 g/mol. The highest BCUT2D eigenvalue weighted by atomic mass is 16.7. The number of amides is 1. The van der Waals surface area contributed by atoms with Crippen molar-refractivity contribution in [3.8, 4) is 28.7 Å². The zero-order valence-corrected chi connectivity index (χ0v) is 14.3. The Morgan fingerprint density at radius 1 is 1.00 bits per heavy atom. The molecule has 0 radical (unpaired) electrons. The molecule has 1 unspecified atom stereocenters. The third-order valence-electron chi connectivity index (χ3n) is 4.10. The van der Waals surface area contributed by atoms with Gasteiger partial charge in [-0.1, -0.05) is 6.92 Å². The smallest absolute Gasteiger partial charge is 0.265 e. The van der Waals surface area contributed by atoms with E-state index in [1.807, 2.05) is 6.92 Å². The Hall–Kier alpha value is -3.09. The number of carbonyl (C=O) groups is 1. The monoisotopic (exact) mass is 357 g/mol. The zero-order valence-electron chi connectivity index (χ0n) is 14.3. The standard InChI is InChI=1S/C19H19NO6/c1-2-14(26-13-4-6-16-18(10-13)25-11-24-16)19(21)20-12-3-5-15-17(9-12)23-8-7-22-15/h3-6,9-10,14H,2,7-8,11H2,1H3,(H,20,21). The number of anilines is 1. The van der Waals surface area contributed by atoms with E-state index in [4.69, 9.17) is 23.7 Å². The van der Waals surface area contributed by atoms with Crippen LogP contribution in [0.5, 0.6) is 28.7 Å². The molecule has 26 heavy (non-hydrogen) atoms. The summed E-state index contributed by atoms with van der Waals surface area (Å²) >= 11 is 0. The van der Waals surface area contributed by atoms with E-state index in [0.29, 0.717) is 54.1 Å². The summed E-state index contributed by atoms with van der Waals surface area (Å²) in [5, 5.41) is 2.86. The fourth-order valence-corrected chi connectivity index (χ4v) is 2.78. The van der Waals surface area contributed by atoms with Crippen LogP contribution in [0.2, 0.25) is 0 Å². The van der Waals surface area contributed by atoms with Crippen LogP contribution in [0.1, 0.15) is 13.3 Å². The number of fused-ring (bicyclic) bond motifs is 2. The highest BCUT2D eigenvalue weighted by molar-refractivity contribution is 5.94. The van der Waals surface area contributed by atoms with Crippen molar-refractivity contribution in [2.45, 2.75) is 19.4 Å². The first-order valence-electron chi connectivity index (χ1n) is 8.50. The zero-order chi connectivity index (χ0) is 17.9. The van der Waals surface area contributed by atoms with Crippen LogP contribution in [-0.4, -0.2) is 32.0 Å². The summed E-state index contributed by atoms with van der Waals surface area (Å²) in [6.45, 7) is 3.11. The lowest BCUT2D eigenvalue weighted by Gasteiger charge is -2.20. The molecule has 2 aliphatic heterocycles. The molecule has 7 heteroatoms. The molecule has 136 valence electrons. The maximum atomic E-state index is 12.6. The summed E-state index contributed by atoms with van der Waals surface area (Å²) in [5.74, 6) is 2.91. The molecule has 2 heterocycles. The van der Waals surface area contributed by atoms with Gasteiger partial charge in [-0.15, -0.1) is 0 Å². The Bertz CT molecular complexity index is 822. The number of rotatable bonds is 5. The van der Waals surface area contributed by atoms with Crippen molar-refractivity contribution in [3.63, 3.8) is 0 Å². The fraction of sp³-hybridized carbons (Fsp3) is 0.316. The van der Waals surface area contributed by atoms with E-state index >= 15 is 0 Å². The van der Waals surface area contributed by atoms with Crippen LogP contribution in [-0.2, 0) is 4.79 Å². The molecular weight excluding hydrogens is 338 g/mol. The van der Waals surface area contributed by atoms with Crippen molar-refractivity contribution >= 4 is 11.6 Å². The van der Waals surface area contributed by atoms with Crippen molar-refractivity contribution < 1.29 is 28.5 Å². The number of benzene rings is 2. The van der Waals surface area contributed by atoms with E-state index in [-0.39, 0.29) is 12.7 Å². The molecule has 1 N–H and O–H groups in total. The Labute approximate surface area is 150 Å². The maximum Gasteiger partial charge on any atom is 0.265 e. The first kappa shape index (κ1) is 16.4. The van der Waals surface area contributed by atoms with Gasteiger partial charge in [0.2, 0.25) is 6.79 Å². The van der Waals surface area contributed by atoms with E-state index in [2.05, 4.69) is 5.32 Å². The van der Waals surface area contributed by atoms with Gasteiger partial charge in [0, 0.05) is 17.8 Å². The Morgan fingerprint density at radius 3 is 2.54 bits per heavy atom. The van der Waals surface area contributed by atoms with Crippen LogP contribution >= 0.6 is 0 Å². The summed E-state index contributed by atoms with van der Waals surface area (Å²) in [7, 11) is 0. The SMILES string of the molecule is CCC(Oc1ccc2c(c1)OCO2)C(=O)Nc1ccc2c(c1)OCCO2. The normalized spacial score (nSPS) is 15.3. The summed E-state index contributed by atoms with van der Waals surface area (Å²) in [6.07, 6.45) is -0.117. The predicted molar refractivity (Wildman–Crippen MR) is 93.3 cm³/mol. The van der Waals surface area contributed by atoms with Crippen molar-refractivity contribution in [3.05, 3.63) is 36.4 Å². The minimum Gasteiger partial charge on any atom is -0.486 e. The van der Waals surface area contributed by atoms with Gasteiger partial charge in [0.1, 0.15) is 19.0 Å². The molecule has 7 nitrogen and oxygen atoms in total. The lowest BCUT2D eigenvalue weighted by Crippen LogP contribution is -2.32. The quantitative estimate of drug-likeness (QED) is 0.887. The third-order valence-corrected chi connectivity index (χ3v) is 4.10. The predicted octanol–water partition coefficient (Wildman–Crippen LogP) is 2.98. The number of carbonyl (C=O) groups excluding carboxylic acids is 1. The van der Waals surface area contributed by atoms with Crippen LogP contribution in [0.15, 0.2) is 36.4 Å². The van der Waals surface area contributed by atoms with Crippen LogP contribution in [0.3, 0.4) is 0 Å². The topological polar surface area (TPSA) is 75.3 Å².